The number of benzene rings is 2. The summed E-state index contributed by atoms with van der Waals surface area (Å²) >= 11 is 2.16. The van der Waals surface area contributed by atoms with Crippen LogP contribution >= 0.6 is 22.6 Å². The molecule has 0 aliphatic rings. The van der Waals surface area contributed by atoms with Crippen LogP contribution in [0.2, 0.25) is 0 Å². The number of hydrogen-bond donors (Lipinski definition) is 2. The first-order valence-corrected chi connectivity index (χ1v) is 9.00. The number of aromatic nitrogens is 1. The van der Waals surface area contributed by atoms with Crippen molar-refractivity contribution in [1.82, 2.24) is 4.98 Å². The molecule has 0 spiro atoms. The Morgan fingerprint density at radius 3 is 2.46 bits per heavy atom. The van der Waals surface area contributed by atoms with Gasteiger partial charge in [0.25, 0.3) is 11.8 Å². The molecule has 0 atom stereocenters. The smallest absolute Gasteiger partial charge is 0.256 e. The molecule has 0 aliphatic heterocycles. The molecule has 1 heterocycles. The van der Waals surface area contributed by atoms with Gasteiger partial charge in [-0.1, -0.05) is 12.1 Å². The molecule has 0 fully saturated rings. The van der Waals surface area contributed by atoms with Gasteiger partial charge >= 0.3 is 0 Å². The number of rotatable bonds is 4. The average molecular weight is 457 g/mol. The van der Waals surface area contributed by atoms with Crippen molar-refractivity contribution in [2.24, 2.45) is 0 Å². The number of carbonyl (C=O) groups excluding carboxylic acids is 2. The van der Waals surface area contributed by atoms with E-state index in [2.05, 4.69) is 38.2 Å². The van der Waals surface area contributed by atoms with Crippen LogP contribution in [0.5, 0.6) is 0 Å². The van der Waals surface area contributed by atoms with Gasteiger partial charge in [-0.2, -0.15) is 0 Å². The highest BCUT2D eigenvalue weighted by molar-refractivity contribution is 14.1. The van der Waals surface area contributed by atoms with Gasteiger partial charge in [-0.25, -0.2) is 0 Å². The number of carbonyl (C=O) groups is 2. The van der Waals surface area contributed by atoms with Gasteiger partial charge in [0.2, 0.25) is 0 Å². The van der Waals surface area contributed by atoms with E-state index < -0.39 is 0 Å². The van der Waals surface area contributed by atoms with Crippen molar-refractivity contribution in [3.05, 3.63) is 87.3 Å². The molecule has 0 aliphatic carbocycles. The van der Waals surface area contributed by atoms with E-state index in [1.54, 1.807) is 48.8 Å². The summed E-state index contributed by atoms with van der Waals surface area (Å²) in [6, 6.07) is 16.1. The zero-order valence-corrected chi connectivity index (χ0v) is 16.2. The van der Waals surface area contributed by atoms with E-state index in [4.69, 9.17) is 0 Å². The molecule has 3 rings (SSSR count). The van der Waals surface area contributed by atoms with Crippen LogP contribution in [0.15, 0.2) is 67.0 Å². The van der Waals surface area contributed by atoms with Crippen LogP contribution in [0.25, 0.3) is 0 Å². The normalized spacial score (nSPS) is 10.2. The number of hydrogen-bond acceptors (Lipinski definition) is 3. The van der Waals surface area contributed by atoms with Crippen LogP contribution in [-0.2, 0) is 0 Å². The summed E-state index contributed by atoms with van der Waals surface area (Å²) in [5.41, 5.74) is 3.06. The molecular weight excluding hydrogens is 441 g/mol. The van der Waals surface area contributed by atoms with Crippen LogP contribution in [0.4, 0.5) is 11.4 Å². The van der Waals surface area contributed by atoms with Gasteiger partial charge < -0.3 is 10.6 Å². The SMILES string of the molecule is Cc1ccc(NC(=O)c2cccc(I)c2)cc1C(=O)Nc1cccnc1. The molecule has 5 nitrogen and oxygen atoms in total. The lowest BCUT2D eigenvalue weighted by Gasteiger charge is -2.11. The predicted molar refractivity (Wildman–Crippen MR) is 110 cm³/mol. The summed E-state index contributed by atoms with van der Waals surface area (Å²) in [7, 11) is 0. The van der Waals surface area contributed by atoms with Crippen molar-refractivity contribution in [3.63, 3.8) is 0 Å². The minimum atomic E-state index is -0.249. The molecule has 3 aromatic rings. The van der Waals surface area contributed by atoms with Gasteiger partial charge in [-0.3, -0.25) is 14.6 Å². The third kappa shape index (κ3) is 4.45. The Hall–Kier alpha value is -2.74. The van der Waals surface area contributed by atoms with Gasteiger partial charge in [-0.15, -0.1) is 0 Å². The third-order valence-corrected chi connectivity index (χ3v) is 4.42. The number of nitrogens with one attached hydrogen (secondary N) is 2. The van der Waals surface area contributed by atoms with E-state index in [0.29, 0.717) is 22.5 Å². The summed E-state index contributed by atoms with van der Waals surface area (Å²) < 4.78 is 0.982. The molecule has 1 aromatic heterocycles. The standard InChI is InChI=1S/C20H16IN3O2/c1-13-7-8-16(23-19(25)14-4-2-5-15(21)10-14)11-18(13)20(26)24-17-6-3-9-22-12-17/h2-12H,1H3,(H,23,25)(H,24,26). The molecule has 2 N–H and O–H groups in total. The summed E-state index contributed by atoms with van der Waals surface area (Å²) in [4.78, 5) is 28.9. The Morgan fingerprint density at radius 2 is 1.73 bits per heavy atom. The van der Waals surface area contributed by atoms with Crippen molar-refractivity contribution in [3.8, 4) is 0 Å². The van der Waals surface area contributed by atoms with Crippen molar-refractivity contribution in [1.29, 1.82) is 0 Å². The fourth-order valence-corrected chi connectivity index (χ4v) is 2.96. The summed E-state index contributed by atoms with van der Waals surface area (Å²) in [6.45, 7) is 1.85. The number of pyridine rings is 1. The third-order valence-electron chi connectivity index (χ3n) is 3.75. The fraction of sp³-hybridized carbons (Fsp3) is 0.0500. The first kappa shape index (κ1) is 18.1. The lowest BCUT2D eigenvalue weighted by atomic mass is 10.1. The summed E-state index contributed by atoms with van der Waals surface area (Å²) in [5.74, 6) is -0.466. The Balaban J connectivity index is 1.79. The molecule has 0 saturated heterocycles. The van der Waals surface area contributed by atoms with Crippen molar-refractivity contribution < 1.29 is 9.59 Å². The van der Waals surface area contributed by atoms with Crippen molar-refractivity contribution in [2.75, 3.05) is 10.6 Å². The Morgan fingerprint density at radius 1 is 0.923 bits per heavy atom. The Bertz CT molecular complexity index is 958. The number of aryl methyl sites for hydroxylation is 1. The molecule has 26 heavy (non-hydrogen) atoms. The molecule has 0 unspecified atom stereocenters. The van der Waals surface area contributed by atoms with E-state index in [0.717, 1.165) is 9.13 Å². The first-order valence-electron chi connectivity index (χ1n) is 7.92. The highest BCUT2D eigenvalue weighted by Gasteiger charge is 2.12. The number of amides is 2. The van der Waals surface area contributed by atoms with Crippen LogP contribution < -0.4 is 10.6 Å². The molecule has 0 bridgehead atoms. The van der Waals surface area contributed by atoms with Gasteiger partial charge in [0.1, 0.15) is 0 Å². The quantitative estimate of drug-likeness (QED) is 0.567. The maximum absolute atomic E-state index is 12.5. The van der Waals surface area contributed by atoms with Gasteiger partial charge in [0.15, 0.2) is 0 Å². The molecular formula is C20H16IN3O2. The van der Waals surface area contributed by atoms with E-state index >= 15 is 0 Å². The van der Waals surface area contributed by atoms with E-state index in [-0.39, 0.29) is 11.8 Å². The Labute approximate surface area is 165 Å². The van der Waals surface area contributed by atoms with E-state index in [1.807, 2.05) is 25.1 Å². The van der Waals surface area contributed by atoms with Gasteiger partial charge in [-0.05, 0) is 77.5 Å². The molecule has 130 valence electrons. The number of nitrogens with zero attached hydrogens (tertiary/aromatic N) is 1. The second kappa shape index (κ2) is 8.09. The fourth-order valence-electron chi connectivity index (χ4n) is 2.41. The zero-order chi connectivity index (χ0) is 18.5. The lowest BCUT2D eigenvalue weighted by Crippen LogP contribution is -2.16. The maximum Gasteiger partial charge on any atom is 0.256 e. The summed E-state index contributed by atoms with van der Waals surface area (Å²) in [6.07, 6.45) is 3.22. The highest BCUT2D eigenvalue weighted by Crippen LogP contribution is 2.18. The largest absolute Gasteiger partial charge is 0.322 e. The van der Waals surface area contributed by atoms with Crippen molar-refractivity contribution >= 4 is 45.8 Å². The molecule has 6 heteroatoms. The topological polar surface area (TPSA) is 71.1 Å². The van der Waals surface area contributed by atoms with Crippen LogP contribution in [0.3, 0.4) is 0 Å². The van der Waals surface area contributed by atoms with Crippen molar-refractivity contribution in [2.45, 2.75) is 6.92 Å². The highest BCUT2D eigenvalue weighted by atomic mass is 127. The summed E-state index contributed by atoms with van der Waals surface area (Å²) in [5, 5.41) is 5.64. The molecule has 2 amide bonds. The maximum atomic E-state index is 12.5. The monoisotopic (exact) mass is 457 g/mol. The van der Waals surface area contributed by atoms with Crippen LogP contribution in [0.1, 0.15) is 26.3 Å². The number of anilines is 2. The van der Waals surface area contributed by atoms with Gasteiger partial charge in [0.05, 0.1) is 11.9 Å². The Kier molecular flexibility index (Phi) is 5.62. The molecule has 0 radical (unpaired) electrons. The minimum Gasteiger partial charge on any atom is -0.322 e. The average Bonchev–Trinajstić information content (AvgIpc) is 2.64. The predicted octanol–water partition coefficient (Wildman–Crippen LogP) is 4.50. The van der Waals surface area contributed by atoms with E-state index in [1.165, 1.54) is 0 Å². The zero-order valence-electron chi connectivity index (χ0n) is 14.0. The van der Waals surface area contributed by atoms with E-state index in [9.17, 15) is 9.59 Å². The molecule has 0 saturated carbocycles. The second-order valence-corrected chi connectivity index (χ2v) is 6.94. The second-order valence-electron chi connectivity index (χ2n) is 5.69. The number of halogens is 1. The lowest BCUT2D eigenvalue weighted by molar-refractivity contribution is 0.101. The van der Waals surface area contributed by atoms with Crippen LogP contribution in [0, 0.1) is 10.5 Å². The van der Waals surface area contributed by atoms with Gasteiger partial charge in [0, 0.05) is 26.6 Å². The minimum absolute atomic E-state index is 0.217. The first-order chi connectivity index (χ1) is 12.5. The van der Waals surface area contributed by atoms with Crippen LogP contribution in [-0.4, -0.2) is 16.8 Å². The molecule has 2 aromatic carbocycles.